The van der Waals surface area contributed by atoms with Gasteiger partial charge in [0.1, 0.15) is 11.5 Å². The summed E-state index contributed by atoms with van der Waals surface area (Å²) in [4.78, 5) is 24.0. The van der Waals surface area contributed by atoms with Gasteiger partial charge < -0.3 is 20.1 Å². The van der Waals surface area contributed by atoms with Crippen LogP contribution in [0.25, 0.3) is 0 Å². The molecule has 0 aliphatic heterocycles. The maximum atomic E-state index is 12.6. The Morgan fingerprint density at radius 1 is 0.966 bits per heavy atom. The minimum atomic E-state index is -0.678. The number of amides is 2. The molecule has 0 atom stereocenters. The summed E-state index contributed by atoms with van der Waals surface area (Å²) in [5.74, 6) is 1.22. The average Bonchev–Trinajstić information content (AvgIpc) is 3.25. The van der Waals surface area contributed by atoms with Crippen LogP contribution in [0.4, 0.5) is 16.2 Å². The molecule has 1 fully saturated rings. The number of methoxy groups -OCH3 is 1. The van der Waals surface area contributed by atoms with Gasteiger partial charge in [-0.1, -0.05) is 31.0 Å². The molecule has 0 aromatic heterocycles. The number of benzene rings is 2. The van der Waals surface area contributed by atoms with Crippen LogP contribution in [-0.2, 0) is 9.53 Å². The van der Waals surface area contributed by atoms with Crippen molar-refractivity contribution in [2.24, 2.45) is 5.92 Å². The van der Waals surface area contributed by atoms with E-state index >= 15 is 0 Å². The lowest BCUT2D eigenvalue weighted by Gasteiger charge is -2.17. The quantitative estimate of drug-likeness (QED) is 0.618. The summed E-state index contributed by atoms with van der Waals surface area (Å²) in [6, 6.07) is 14.6. The molecule has 1 aliphatic carbocycles. The maximum Gasteiger partial charge on any atom is 0.413 e. The van der Waals surface area contributed by atoms with Crippen molar-refractivity contribution in [1.82, 2.24) is 5.32 Å². The molecule has 1 saturated carbocycles. The fraction of sp³-hybridized carbons (Fsp3) is 0.286. The van der Waals surface area contributed by atoms with Gasteiger partial charge in [0.2, 0.25) is 5.91 Å². The highest BCUT2D eigenvalue weighted by molar-refractivity contribution is 7.80. The number of rotatable bonds is 5. The van der Waals surface area contributed by atoms with Crippen molar-refractivity contribution in [3.8, 4) is 11.5 Å². The van der Waals surface area contributed by atoms with Gasteiger partial charge in [0.25, 0.3) is 0 Å². The van der Waals surface area contributed by atoms with Crippen LogP contribution in [0.1, 0.15) is 25.7 Å². The second-order valence-corrected chi connectivity index (χ2v) is 7.07. The summed E-state index contributed by atoms with van der Waals surface area (Å²) in [6.45, 7) is 0. The van der Waals surface area contributed by atoms with Gasteiger partial charge in [-0.3, -0.25) is 10.1 Å². The lowest BCUT2D eigenvalue weighted by Crippen LogP contribution is -2.34. The third-order valence-electron chi connectivity index (χ3n) is 4.60. The van der Waals surface area contributed by atoms with Gasteiger partial charge in [-0.25, -0.2) is 4.79 Å². The van der Waals surface area contributed by atoms with Crippen LogP contribution >= 0.6 is 12.2 Å². The van der Waals surface area contributed by atoms with Gasteiger partial charge in [-0.15, -0.1) is 0 Å². The zero-order valence-electron chi connectivity index (χ0n) is 16.1. The molecule has 0 saturated heterocycles. The molecule has 2 aromatic carbocycles. The second kappa shape index (κ2) is 9.88. The van der Waals surface area contributed by atoms with Crippen molar-refractivity contribution in [2.75, 3.05) is 17.7 Å². The van der Waals surface area contributed by atoms with Crippen LogP contribution in [0, 0.1) is 5.92 Å². The summed E-state index contributed by atoms with van der Waals surface area (Å²) < 4.78 is 10.4. The van der Waals surface area contributed by atoms with E-state index in [1.165, 1.54) is 7.11 Å². The van der Waals surface area contributed by atoms with E-state index in [4.69, 9.17) is 17.0 Å². The number of thiocarbonyl (C=S) groups is 1. The largest absolute Gasteiger partial charge is 0.457 e. The number of para-hydroxylation sites is 1. The molecule has 0 spiro atoms. The Morgan fingerprint density at radius 3 is 2.38 bits per heavy atom. The molecular weight excluding hydrogens is 390 g/mol. The van der Waals surface area contributed by atoms with Gasteiger partial charge in [-0.2, -0.15) is 0 Å². The van der Waals surface area contributed by atoms with Crippen LogP contribution in [0.15, 0.2) is 48.5 Å². The molecule has 0 radical (unpaired) electrons. The van der Waals surface area contributed by atoms with Gasteiger partial charge in [0.05, 0.1) is 18.5 Å². The molecule has 0 bridgehead atoms. The molecule has 7 nitrogen and oxygen atoms in total. The lowest BCUT2D eigenvalue weighted by atomic mass is 10.1. The molecule has 2 aromatic rings. The van der Waals surface area contributed by atoms with E-state index in [2.05, 4.69) is 20.7 Å². The molecule has 29 heavy (non-hydrogen) atoms. The van der Waals surface area contributed by atoms with Crippen LogP contribution in [0.2, 0.25) is 0 Å². The predicted octanol–water partition coefficient (Wildman–Crippen LogP) is 4.66. The standard InChI is InChI=1S/C21H23N3O4S/c1-27-21(26)24-20(29)23-17-12-11-16(28-15-9-3-2-4-10-15)13-18(17)22-19(25)14-7-5-6-8-14/h2-4,9-14H,5-8H2,1H3,(H,22,25)(H2,23,24,26,29). The molecule has 0 heterocycles. The zero-order valence-corrected chi connectivity index (χ0v) is 16.9. The third kappa shape index (κ3) is 5.92. The Bertz CT molecular complexity index is 883. The number of ether oxygens (including phenoxy) is 2. The Balaban J connectivity index is 1.80. The van der Waals surface area contributed by atoms with E-state index in [-0.39, 0.29) is 16.9 Å². The Kier molecular flexibility index (Phi) is 7.02. The van der Waals surface area contributed by atoms with E-state index in [0.29, 0.717) is 22.9 Å². The summed E-state index contributed by atoms with van der Waals surface area (Å²) in [5, 5.41) is 8.32. The first-order valence-corrected chi connectivity index (χ1v) is 9.80. The molecule has 8 heteroatoms. The van der Waals surface area contributed by atoms with Crippen LogP contribution < -0.4 is 20.7 Å². The number of anilines is 2. The number of hydrogen-bond acceptors (Lipinski definition) is 5. The normalized spacial score (nSPS) is 13.4. The summed E-state index contributed by atoms with van der Waals surface area (Å²) in [6.07, 6.45) is 3.22. The average molecular weight is 413 g/mol. The van der Waals surface area contributed by atoms with Crippen molar-refractivity contribution < 1.29 is 19.1 Å². The van der Waals surface area contributed by atoms with E-state index in [0.717, 1.165) is 25.7 Å². The summed E-state index contributed by atoms with van der Waals surface area (Å²) in [5.41, 5.74) is 1.06. The third-order valence-corrected chi connectivity index (χ3v) is 4.81. The Hall–Kier alpha value is -3.13. The van der Waals surface area contributed by atoms with Crippen molar-refractivity contribution in [3.63, 3.8) is 0 Å². The highest BCUT2D eigenvalue weighted by Gasteiger charge is 2.23. The van der Waals surface area contributed by atoms with Crippen LogP contribution in [0.5, 0.6) is 11.5 Å². The number of hydrogen-bond donors (Lipinski definition) is 3. The topological polar surface area (TPSA) is 88.7 Å². The molecule has 2 amide bonds. The van der Waals surface area contributed by atoms with Crippen molar-refractivity contribution in [2.45, 2.75) is 25.7 Å². The first-order chi connectivity index (χ1) is 14.0. The van der Waals surface area contributed by atoms with E-state index < -0.39 is 6.09 Å². The fourth-order valence-electron chi connectivity index (χ4n) is 3.14. The first-order valence-electron chi connectivity index (χ1n) is 9.39. The summed E-state index contributed by atoms with van der Waals surface area (Å²) in [7, 11) is 1.25. The van der Waals surface area contributed by atoms with Gasteiger partial charge in [-0.05, 0) is 49.3 Å². The fourth-order valence-corrected chi connectivity index (χ4v) is 3.34. The molecule has 3 rings (SSSR count). The van der Waals surface area contributed by atoms with Gasteiger partial charge in [0, 0.05) is 12.0 Å². The molecule has 3 N–H and O–H groups in total. The Labute approximate surface area is 174 Å². The minimum absolute atomic E-state index is 0.00157. The van der Waals surface area contributed by atoms with E-state index in [1.807, 2.05) is 30.3 Å². The first kappa shape index (κ1) is 20.6. The second-order valence-electron chi connectivity index (χ2n) is 6.66. The summed E-state index contributed by atoms with van der Waals surface area (Å²) >= 11 is 5.13. The maximum absolute atomic E-state index is 12.6. The van der Waals surface area contributed by atoms with Gasteiger partial charge in [0.15, 0.2) is 5.11 Å². The smallest absolute Gasteiger partial charge is 0.413 e. The van der Waals surface area contributed by atoms with Crippen LogP contribution in [0.3, 0.4) is 0 Å². The Morgan fingerprint density at radius 2 is 1.69 bits per heavy atom. The molecule has 152 valence electrons. The monoisotopic (exact) mass is 413 g/mol. The molecular formula is C21H23N3O4S. The highest BCUT2D eigenvalue weighted by atomic mass is 32.1. The molecule has 1 aliphatic rings. The number of alkyl carbamates (subject to hydrolysis) is 1. The van der Waals surface area contributed by atoms with E-state index in [9.17, 15) is 9.59 Å². The van der Waals surface area contributed by atoms with Crippen molar-refractivity contribution in [1.29, 1.82) is 0 Å². The van der Waals surface area contributed by atoms with Crippen molar-refractivity contribution in [3.05, 3.63) is 48.5 Å². The zero-order chi connectivity index (χ0) is 20.6. The number of carbonyl (C=O) groups is 2. The van der Waals surface area contributed by atoms with Crippen LogP contribution in [-0.4, -0.2) is 24.2 Å². The minimum Gasteiger partial charge on any atom is -0.457 e. The number of carbonyl (C=O) groups excluding carboxylic acids is 2. The predicted molar refractivity (Wildman–Crippen MR) is 115 cm³/mol. The highest BCUT2D eigenvalue weighted by Crippen LogP contribution is 2.32. The SMILES string of the molecule is COC(=O)NC(=S)Nc1ccc(Oc2ccccc2)cc1NC(=O)C1CCCC1. The molecule has 0 unspecified atom stereocenters. The number of nitrogens with one attached hydrogen (secondary N) is 3. The van der Waals surface area contributed by atoms with Crippen molar-refractivity contribution >= 4 is 40.7 Å². The van der Waals surface area contributed by atoms with E-state index in [1.54, 1.807) is 18.2 Å². The van der Waals surface area contributed by atoms with Gasteiger partial charge >= 0.3 is 6.09 Å². The lowest BCUT2D eigenvalue weighted by molar-refractivity contribution is -0.119.